The number of rotatable bonds is 2. The van der Waals surface area contributed by atoms with Crippen molar-refractivity contribution < 1.29 is 9.53 Å². The molecule has 66 valence electrons. The van der Waals surface area contributed by atoms with Crippen LogP contribution in [0.15, 0.2) is 12.2 Å². The molecule has 0 aliphatic carbocycles. The standard InChI is InChI=1S/C5H10O2.C4H8/c1-3-4-7-5(2)6;1-3-4-2/h3-4H2,1-2H3;3-4H,1-2H3/b;4-3-. The number of allylic oxidation sites excluding steroid dienone is 2. The Balaban J connectivity index is 0. The van der Waals surface area contributed by atoms with E-state index in [0.29, 0.717) is 6.61 Å². The van der Waals surface area contributed by atoms with E-state index in [0.717, 1.165) is 6.42 Å². The maximum atomic E-state index is 9.98. The second-order valence-electron chi connectivity index (χ2n) is 2.01. The zero-order valence-corrected chi connectivity index (χ0v) is 7.89. The van der Waals surface area contributed by atoms with Crippen LogP contribution in [-0.2, 0) is 9.53 Å². The van der Waals surface area contributed by atoms with E-state index < -0.39 is 0 Å². The van der Waals surface area contributed by atoms with Crippen LogP contribution in [0.1, 0.15) is 34.1 Å². The first-order valence-corrected chi connectivity index (χ1v) is 3.89. The highest BCUT2D eigenvalue weighted by molar-refractivity contribution is 5.65. The predicted octanol–water partition coefficient (Wildman–Crippen LogP) is 2.54. The number of hydrogen-bond acceptors (Lipinski definition) is 2. The van der Waals surface area contributed by atoms with Gasteiger partial charge in [0.25, 0.3) is 0 Å². The first-order valence-electron chi connectivity index (χ1n) is 3.89. The van der Waals surface area contributed by atoms with E-state index >= 15 is 0 Å². The van der Waals surface area contributed by atoms with Gasteiger partial charge in [0.05, 0.1) is 6.61 Å². The number of ether oxygens (including phenoxy) is 1. The summed E-state index contributed by atoms with van der Waals surface area (Å²) in [6, 6.07) is 0. The van der Waals surface area contributed by atoms with Gasteiger partial charge in [0, 0.05) is 6.92 Å². The molecule has 0 amide bonds. The van der Waals surface area contributed by atoms with Crippen LogP contribution in [0.5, 0.6) is 0 Å². The lowest BCUT2D eigenvalue weighted by Crippen LogP contribution is -1.98. The third-order valence-electron chi connectivity index (χ3n) is 0.843. The van der Waals surface area contributed by atoms with Crippen molar-refractivity contribution in [2.24, 2.45) is 0 Å². The third kappa shape index (κ3) is 27.0. The number of carbonyl (C=O) groups excluding carboxylic acids is 1. The molecule has 0 aromatic rings. The first-order chi connectivity index (χ1) is 5.18. The van der Waals surface area contributed by atoms with Crippen LogP contribution in [0.25, 0.3) is 0 Å². The van der Waals surface area contributed by atoms with E-state index in [-0.39, 0.29) is 5.97 Å². The van der Waals surface area contributed by atoms with E-state index in [1.807, 2.05) is 32.9 Å². The molecule has 0 bridgehead atoms. The molecule has 0 unspecified atom stereocenters. The monoisotopic (exact) mass is 158 g/mol. The van der Waals surface area contributed by atoms with Gasteiger partial charge in [-0.3, -0.25) is 4.79 Å². The number of carbonyl (C=O) groups is 1. The van der Waals surface area contributed by atoms with E-state index in [1.165, 1.54) is 6.92 Å². The Kier molecular flexibility index (Phi) is 13.9. The van der Waals surface area contributed by atoms with Crippen molar-refractivity contribution in [2.45, 2.75) is 34.1 Å². The molecular weight excluding hydrogens is 140 g/mol. The van der Waals surface area contributed by atoms with E-state index in [1.54, 1.807) is 0 Å². The first kappa shape index (κ1) is 12.8. The summed E-state index contributed by atoms with van der Waals surface area (Å²) >= 11 is 0. The molecule has 0 fully saturated rings. The highest BCUT2D eigenvalue weighted by atomic mass is 16.5. The maximum Gasteiger partial charge on any atom is 0.302 e. The van der Waals surface area contributed by atoms with Crippen molar-refractivity contribution in [3.8, 4) is 0 Å². The fraction of sp³-hybridized carbons (Fsp3) is 0.667. The second-order valence-corrected chi connectivity index (χ2v) is 2.01. The molecule has 2 heteroatoms. The van der Waals surface area contributed by atoms with Gasteiger partial charge in [0.2, 0.25) is 0 Å². The molecule has 11 heavy (non-hydrogen) atoms. The second kappa shape index (κ2) is 11.9. The zero-order chi connectivity index (χ0) is 9.11. The SMILES string of the molecule is C/C=C\C.CCCOC(C)=O. The third-order valence-corrected chi connectivity index (χ3v) is 0.843. The van der Waals surface area contributed by atoms with Crippen molar-refractivity contribution in [1.29, 1.82) is 0 Å². The van der Waals surface area contributed by atoms with Crippen LogP contribution < -0.4 is 0 Å². The van der Waals surface area contributed by atoms with Gasteiger partial charge in [-0.2, -0.15) is 0 Å². The minimum Gasteiger partial charge on any atom is -0.466 e. The Hall–Kier alpha value is -0.790. The van der Waals surface area contributed by atoms with Crippen molar-refractivity contribution in [1.82, 2.24) is 0 Å². The Labute approximate surface area is 69.3 Å². The molecular formula is C9H18O2. The number of esters is 1. The van der Waals surface area contributed by atoms with Crippen LogP contribution in [0.2, 0.25) is 0 Å². The molecule has 0 rings (SSSR count). The van der Waals surface area contributed by atoms with Gasteiger partial charge in [-0.15, -0.1) is 0 Å². The largest absolute Gasteiger partial charge is 0.466 e. The molecule has 0 atom stereocenters. The van der Waals surface area contributed by atoms with Crippen molar-refractivity contribution in [2.75, 3.05) is 6.61 Å². The summed E-state index contributed by atoms with van der Waals surface area (Å²) in [5.41, 5.74) is 0. The van der Waals surface area contributed by atoms with Gasteiger partial charge in [-0.25, -0.2) is 0 Å². The summed E-state index contributed by atoms with van der Waals surface area (Å²) in [5, 5.41) is 0. The molecule has 0 saturated heterocycles. The van der Waals surface area contributed by atoms with Crippen molar-refractivity contribution in [3.05, 3.63) is 12.2 Å². The smallest absolute Gasteiger partial charge is 0.302 e. The molecule has 0 N–H and O–H groups in total. The van der Waals surface area contributed by atoms with Gasteiger partial charge >= 0.3 is 5.97 Å². The van der Waals surface area contributed by atoms with Crippen molar-refractivity contribution in [3.63, 3.8) is 0 Å². The zero-order valence-electron chi connectivity index (χ0n) is 7.89. The van der Waals surface area contributed by atoms with Gasteiger partial charge in [0.1, 0.15) is 0 Å². The van der Waals surface area contributed by atoms with Gasteiger partial charge in [-0.05, 0) is 20.3 Å². The lowest BCUT2D eigenvalue weighted by molar-refractivity contribution is -0.140. The van der Waals surface area contributed by atoms with E-state index in [4.69, 9.17) is 0 Å². The summed E-state index contributed by atoms with van der Waals surface area (Å²) in [5.74, 6) is -0.193. The number of hydrogen-bond donors (Lipinski definition) is 0. The molecule has 0 saturated carbocycles. The van der Waals surface area contributed by atoms with Gasteiger partial charge in [0.15, 0.2) is 0 Å². The Morgan fingerprint density at radius 2 is 1.82 bits per heavy atom. The summed E-state index contributed by atoms with van der Waals surface area (Å²) in [6.45, 7) is 7.92. The molecule has 0 aliphatic rings. The quantitative estimate of drug-likeness (QED) is 0.456. The summed E-state index contributed by atoms with van der Waals surface area (Å²) in [6.07, 6.45) is 4.90. The molecule has 0 radical (unpaired) electrons. The predicted molar refractivity (Wildman–Crippen MR) is 47.4 cm³/mol. The topological polar surface area (TPSA) is 26.3 Å². The highest BCUT2D eigenvalue weighted by Crippen LogP contribution is 1.78. The fourth-order valence-electron chi connectivity index (χ4n) is 0.246. The normalized spacial score (nSPS) is 8.73. The lowest BCUT2D eigenvalue weighted by atomic mass is 10.5. The molecule has 0 spiro atoms. The average molecular weight is 158 g/mol. The molecule has 0 aromatic heterocycles. The van der Waals surface area contributed by atoms with Crippen LogP contribution in [0.4, 0.5) is 0 Å². The van der Waals surface area contributed by atoms with Crippen LogP contribution in [-0.4, -0.2) is 12.6 Å². The molecule has 0 aliphatic heterocycles. The minimum atomic E-state index is -0.193. The van der Waals surface area contributed by atoms with Gasteiger partial charge < -0.3 is 4.74 Å². The Morgan fingerprint density at radius 3 is 1.91 bits per heavy atom. The van der Waals surface area contributed by atoms with Crippen LogP contribution in [0.3, 0.4) is 0 Å². The minimum absolute atomic E-state index is 0.193. The molecule has 0 heterocycles. The van der Waals surface area contributed by atoms with E-state index in [9.17, 15) is 4.79 Å². The van der Waals surface area contributed by atoms with Crippen LogP contribution in [0, 0.1) is 0 Å². The van der Waals surface area contributed by atoms with Gasteiger partial charge in [-0.1, -0.05) is 19.1 Å². The summed E-state index contributed by atoms with van der Waals surface area (Å²) in [4.78, 5) is 9.98. The molecule has 0 aromatic carbocycles. The van der Waals surface area contributed by atoms with Crippen molar-refractivity contribution >= 4 is 5.97 Å². The highest BCUT2D eigenvalue weighted by Gasteiger charge is 1.85. The Bertz CT molecular complexity index is 102. The summed E-state index contributed by atoms with van der Waals surface area (Å²) in [7, 11) is 0. The fourth-order valence-corrected chi connectivity index (χ4v) is 0.246. The lowest BCUT2D eigenvalue weighted by Gasteiger charge is -1.93. The van der Waals surface area contributed by atoms with E-state index in [2.05, 4.69) is 4.74 Å². The maximum absolute atomic E-state index is 9.98. The average Bonchev–Trinajstić information content (AvgIpc) is 2.01. The van der Waals surface area contributed by atoms with Crippen LogP contribution >= 0.6 is 0 Å². The molecule has 2 nitrogen and oxygen atoms in total. The summed E-state index contributed by atoms with van der Waals surface area (Å²) < 4.78 is 4.55. The Morgan fingerprint density at radius 1 is 1.36 bits per heavy atom.